The zero-order valence-corrected chi connectivity index (χ0v) is 21.1. The van der Waals surface area contributed by atoms with Gasteiger partial charge in [0.1, 0.15) is 16.2 Å². The lowest BCUT2D eigenvalue weighted by Gasteiger charge is -2.41. The van der Waals surface area contributed by atoms with E-state index in [1.54, 1.807) is 6.20 Å². The number of nitrogens with zero attached hydrogens (tertiary/aromatic N) is 2. The van der Waals surface area contributed by atoms with Crippen LogP contribution in [0.2, 0.25) is 0 Å². The highest BCUT2D eigenvalue weighted by atomic mass is 79.9. The second kappa shape index (κ2) is 11.4. The van der Waals surface area contributed by atoms with Crippen LogP contribution in [0.5, 0.6) is 0 Å². The topological polar surface area (TPSA) is 93.2 Å². The molecule has 2 amide bonds. The Bertz CT molecular complexity index is 736. The van der Waals surface area contributed by atoms with E-state index in [-0.39, 0.29) is 11.8 Å². The summed E-state index contributed by atoms with van der Waals surface area (Å²) in [7, 11) is 0. The molecule has 7 nitrogen and oxygen atoms in total. The van der Waals surface area contributed by atoms with Gasteiger partial charge in [0, 0.05) is 0 Å². The number of carbonyl (C=O) groups excluding carboxylic acids is 2. The molecule has 2 N–H and O–H groups in total. The molecule has 0 saturated heterocycles. The molecule has 0 radical (unpaired) electrons. The third kappa shape index (κ3) is 7.42. The summed E-state index contributed by atoms with van der Waals surface area (Å²) in [6.07, 6.45) is 14.2. The van der Waals surface area contributed by atoms with Crippen molar-refractivity contribution < 1.29 is 14.3 Å². The lowest BCUT2D eigenvalue weighted by molar-refractivity contribution is -0.121. The van der Waals surface area contributed by atoms with Crippen LogP contribution in [0.4, 0.5) is 10.6 Å². The van der Waals surface area contributed by atoms with E-state index in [2.05, 4.69) is 36.5 Å². The van der Waals surface area contributed by atoms with Crippen molar-refractivity contribution in [3.63, 3.8) is 0 Å². The van der Waals surface area contributed by atoms with Gasteiger partial charge >= 0.3 is 6.09 Å². The Kier molecular flexibility index (Phi) is 8.91. The monoisotopic (exact) mass is 508 g/mol. The maximum atomic E-state index is 13.6. The molecule has 32 heavy (non-hydrogen) atoms. The first-order valence-corrected chi connectivity index (χ1v) is 12.8. The number of aromatic nitrogens is 2. The number of anilines is 1. The van der Waals surface area contributed by atoms with Gasteiger partial charge in [-0.15, -0.1) is 0 Å². The normalized spacial score (nSPS) is 19.4. The van der Waals surface area contributed by atoms with Crippen LogP contribution >= 0.6 is 15.9 Å². The van der Waals surface area contributed by atoms with Gasteiger partial charge in [-0.2, -0.15) is 0 Å². The van der Waals surface area contributed by atoms with E-state index in [4.69, 9.17) is 4.74 Å². The third-order valence-electron chi connectivity index (χ3n) is 6.60. The molecular weight excluding hydrogens is 472 g/mol. The van der Waals surface area contributed by atoms with E-state index >= 15 is 0 Å². The van der Waals surface area contributed by atoms with Gasteiger partial charge in [-0.3, -0.25) is 4.79 Å². The highest BCUT2D eigenvalue weighted by molar-refractivity contribution is 9.10. The average Bonchev–Trinajstić information content (AvgIpc) is 2.75. The number of hydrogen-bond acceptors (Lipinski definition) is 5. The van der Waals surface area contributed by atoms with E-state index in [1.807, 2.05) is 20.8 Å². The number of ether oxygens (including phenoxy) is 1. The van der Waals surface area contributed by atoms with Crippen molar-refractivity contribution in [2.75, 3.05) is 5.32 Å². The molecule has 0 spiro atoms. The Morgan fingerprint density at radius 1 is 0.969 bits per heavy atom. The first kappa shape index (κ1) is 24.9. The Hall–Kier alpha value is -1.70. The molecule has 2 aliphatic carbocycles. The van der Waals surface area contributed by atoms with E-state index in [9.17, 15) is 9.59 Å². The second-order valence-corrected chi connectivity index (χ2v) is 11.0. The Labute approximate surface area is 200 Å². The van der Waals surface area contributed by atoms with E-state index in [0.29, 0.717) is 22.3 Å². The summed E-state index contributed by atoms with van der Waals surface area (Å²) in [5.74, 6) is 1.07. The van der Waals surface area contributed by atoms with Crippen molar-refractivity contribution >= 4 is 33.7 Å². The average molecular weight is 509 g/mol. The highest BCUT2D eigenvalue weighted by Crippen LogP contribution is 2.42. The third-order valence-corrected chi connectivity index (χ3v) is 7.01. The maximum absolute atomic E-state index is 13.6. The second-order valence-electron chi connectivity index (χ2n) is 10.2. The fourth-order valence-corrected chi connectivity index (χ4v) is 5.52. The Morgan fingerprint density at radius 3 is 2.00 bits per heavy atom. The number of hydrogen-bond donors (Lipinski definition) is 2. The van der Waals surface area contributed by atoms with E-state index in [0.717, 1.165) is 25.7 Å². The highest BCUT2D eigenvalue weighted by Gasteiger charge is 2.41. The van der Waals surface area contributed by atoms with Crippen molar-refractivity contribution in [3.05, 3.63) is 17.0 Å². The number of amides is 2. The zero-order valence-electron chi connectivity index (χ0n) is 19.5. The Morgan fingerprint density at radius 2 is 1.53 bits per heavy atom. The predicted octanol–water partition coefficient (Wildman–Crippen LogP) is 5.85. The minimum absolute atomic E-state index is 0.0894. The van der Waals surface area contributed by atoms with Crippen LogP contribution in [0.25, 0.3) is 0 Å². The van der Waals surface area contributed by atoms with Crippen molar-refractivity contribution in [1.29, 1.82) is 0 Å². The lowest BCUT2D eigenvalue weighted by atomic mass is 9.66. The predicted molar refractivity (Wildman–Crippen MR) is 128 cm³/mol. The van der Waals surface area contributed by atoms with Crippen LogP contribution in [-0.2, 0) is 9.53 Å². The number of rotatable bonds is 6. The van der Waals surface area contributed by atoms with Crippen LogP contribution in [0.1, 0.15) is 85.0 Å². The molecule has 0 bridgehead atoms. The summed E-state index contributed by atoms with van der Waals surface area (Å²) in [5, 5.41) is 5.86. The van der Waals surface area contributed by atoms with Crippen LogP contribution in [0.15, 0.2) is 17.0 Å². The lowest BCUT2D eigenvalue weighted by Crippen LogP contribution is -2.54. The molecule has 3 rings (SSSR count). The number of carbonyl (C=O) groups is 2. The number of halogens is 1. The minimum atomic E-state index is -0.665. The van der Waals surface area contributed by atoms with Crippen molar-refractivity contribution in [2.24, 2.45) is 17.8 Å². The molecule has 2 saturated carbocycles. The SMILES string of the molecule is CC(C)(C)OC(=O)N[C@H](C(=O)Nc1cnc(Br)cn1)C(C1CCCCC1)C1CCCCC1. The Balaban J connectivity index is 1.87. The minimum Gasteiger partial charge on any atom is -0.444 e. The van der Waals surface area contributed by atoms with Crippen LogP contribution in [0.3, 0.4) is 0 Å². The first-order valence-electron chi connectivity index (χ1n) is 12.0. The fourth-order valence-electron chi connectivity index (χ4n) is 5.32. The molecule has 178 valence electrons. The van der Waals surface area contributed by atoms with Crippen molar-refractivity contribution in [3.8, 4) is 0 Å². The number of alkyl carbamates (subject to hydrolysis) is 1. The molecule has 1 aromatic heterocycles. The molecule has 2 fully saturated rings. The smallest absolute Gasteiger partial charge is 0.408 e. The molecule has 0 unspecified atom stereocenters. The van der Waals surface area contributed by atoms with Crippen LogP contribution < -0.4 is 10.6 Å². The molecule has 1 heterocycles. The molecule has 2 aliphatic rings. The fraction of sp³-hybridized carbons (Fsp3) is 0.750. The summed E-state index contributed by atoms with van der Waals surface area (Å²) in [4.78, 5) is 34.7. The van der Waals surface area contributed by atoms with Gasteiger partial charge in [0.2, 0.25) is 5.91 Å². The van der Waals surface area contributed by atoms with Gasteiger partial charge in [0.25, 0.3) is 0 Å². The van der Waals surface area contributed by atoms with Gasteiger partial charge in [-0.1, -0.05) is 64.2 Å². The molecule has 0 aliphatic heterocycles. The molecule has 0 aromatic carbocycles. The van der Waals surface area contributed by atoms with Gasteiger partial charge < -0.3 is 15.4 Å². The summed E-state index contributed by atoms with van der Waals surface area (Å²) in [6, 6.07) is -0.665. The molecule has 8 heteroatoms. The summed E-state index contributed by atoms with van der Waals surface area (Å²) in [6.45, 7) is 5.50. The standard InChI is InChI=1S/C24H37BrN4O3/c1-24(2,3)32-23(31)29-21(22(30)28-19-15-26-18(25)14-27-19)20(16-10-6-4-7-11-16)17-12-8-5-9-13-17/h14-17,20-21H,4-13H2,1-3H3,(H,29,31)(H,27,28,30)/t21-/m0/s1. The summed E-state index contributed by atoms with van der Waals surface area (Å²) < 4.78 is 6.14. The summed E-state index contributed by atoms with van der Waals surface area (Å²) >= 11 is 3.27. The molecular formula is C24H37BrN4O3. The van der Waals surface area contributed by atoms with E-state index in [1.165, 1.54) is 44.7 Å². The van der Waals surface area contributed by atoms with Crippen molar-refractivity contribution in [2.45, 2.75) is 96.6 Å². The molecule has 1 atom stereocenters. The van der Waals surface area contributed by atoms with Crippen molar-refractivity contribution in [1.82, 2.24) is 15.3 Å². The van der Waals surface area contributed by atoms with Crippen LogP contribution in [-0.4, -0.2) is 33.6 Å². The molecule has 1 aromatic rings. The summed E-state index contributed by atoms with van der Waals surface area (Å²) in [5.41, 5.74) is -0.631. The van der Waals surface area contributed by atoms with E-state index < -0.39 is 17.7 Å². The zero-order chi connectivity index (χ0) is 23.1. The quantitative estimate of drug-likeness (QED) is 0.502. The van der Waals surface area contributed by atoms with Gasteiger partial charge in [0.05, 0.1) is 12.4 Å². The number of nitrogens with one attached hydrogen (secondary N) is 2. The largest absolute Gasteiger partial charge is 0.444 e. The van der Waals surface area contributed by atoms with Gasteiger partial charge in [-0.25, -0.2) is 14.8 Å². The maximum Gasteiger partial charge on any atom is 0.408 e. The van der Waals surface area contributed by atoms with Gasteiger partial charge in [0.15, 0.2) is 5.82 Å². The van der Waals surface area contributed by atoms with Crippen LogP contribution in [0, 0.1) is 17.8 Å². The first-order chi connectivity index (χ1) is 15.2. The van der Waals surface area contributed by atoms with Gasteiger partial charge in [-0.05, 0) is 54.5 Å².